The largest absolute Gasteiger partial charge is 0.346 e. The van der Waals surface area contributed by atoms with E-state index in [0.717, 1.165) is 29.8 Å². The first kappa shape index (κ1) is 20.7. The molecule has 2 aromatic carbocycles. The van der Waals surface area contributed by atoms with E-state index >= 15 is 0 Å². The molecule has 0 aliphatic carbocycles. The number of benzene rings is 2. The van der Waals surface area contributed by atoms with Gasteiger partial charge in [0, 0.05) is 37.6 Å². The van der Waals surface area contributed by atoms with Crippen molar-refractivity contribution in [3.05, 3.63) is 95.9 Å². The Morgan fingerprint density at radius 1 is 0.939 bits per heavy atom. The van der Waals surface area contributed by atoms with E-state index in [4.69, 9.17) is 0 Å². The van der Waals surface area contributed by atoms with Crippen LogP contribution in [0, 0.1) is 0 Å². The van der Waals surface area contributed by atoms with Gasteiger partial charge < -0.3 is 14.8 Å². The average molecular weight is 441 g/mol. The van der Waals surface area contributed by atoms with Gasteiger partial charge in [-0.3, -0.25) is 9.59 Å². The van der Waals surface area contributed by atoms with Crippen molar-refractivity contribution >= 4 is 17.5 Å². The molecule has 8 nitrogen and oxygen atoms in total. The zero-order valence-corrected chi connectivity index (χ0v) is 18.1. The highest BCUT2D eigenvalue weighted by Gasteiger charge is 2.22. The van der Waals surface area contributed by atoms with Crippen molar-refractivity contribution in [2.24, 2.45) is 0 Å². The number of anilines is 1. The number of rotatable bonds is 7. The normalized spacial score (nSPS) is 13.5. The summed E-state index contributed by atoms with van der Waals surface area (Å²) in [6, 6.07) is 21.4. The predicted octanol–water partition coefficient (Wildman–Crippen LogP) is 3.17. The van der Waals surface area contributed by atoms with Crippen LogP contribution in [0.25, 0.3) is 5.82 Å². The molecule has 1 aliphatic rings. The Bertz CT molecular complexity index is 1250. The lowest BCUT2D eigenvalue weighted by molar-refractivity contribution is -0.117. The van der Waals surface area contributed by atoms with Gasteiger partial charge in [-0.25, -0.2) is 4.68 Å². The summed E-state index contributed by atoms with van der Waals surface area (Å²) in [6.07, 6.45) is 5.24. The molecule has 0 spiro atoms. The Morgan fingerprint density at radius 2 is 1.70 bits per heavy atom. The quantitative estimate of drug-likeness (QED) is 0.478. The molecule has 5 rings (SSSR count). The molecule has 2 amide bonds. The van der Waals surface area contributed by atoms with Gasteiger partial charge in [0.2, 0.25) is 5.91 Å². The summed E-state index contributed by atoms with van der Waals surface area (Å²) in [4.78, 5) is 26.8. The molecule has 3 heterocycles. The molecular formula is C25H24N6O2. The van der Waals surface area contributed by atoms with E-state index < -0.39 is 0 Å². The Hall–Kier alpha value is -4.20. The third-order valence-corrected chi connectivity index (χ3v) is 5.72. The van der Waals surface area contributed by atoms with Gasteiger partial charge in [0.05, 0.1) is 6.54 Å². The highest BCUT2D eigenvalue weighted by Crippen LogP contribution is 2.22. The molecule has 4 aromatic rings. The molecule has 0 unspecified atom stereocenters. The van der Waals surface area contributed by atoms with Gasteiger partial charge in [0.25, 0.3) is 5.91 Å². The summed E-state index contributed by atoms with van der Waals surface area (Å²) in [5.41, 5.74) is 3.17. The summed E-state index contributed by atoms with van der Waals surface area (Å²) in [6.45, 7) is 1.62. The van der Waals surface area contributed by atoms with Crippen molar-refractivity contribution < 1.29 is 9.59 Å². The van der Waals surface area contributed by atoms with Gasteiger partial charge in [0.15, 0.2) is 11.5 Å². The van der Waals surface area contributed by atoms with Crippen LogP contribution >= 0.6 is 0 Å². The molecule has 0 bridgehead atoms. The number of carbonyl (C=O) groups excluding carboxylic acids is 2. The molecule has 0 radical (unpaired) electrons. The van der Waals surface area contributed by atoms with Crippen LogP contribution in [0.4, 0.5) is 5.69 Å². The molecule has 1 aliphatic heterocycles. The maximum Gasteiger partial charge on any atom is 0.276 e. The topological polar surface area (TPSA) is 85.1 Å². The molecule has 1 saturated heterocycles. The zero-order valence-electron chi connectivity index (χ0n) is 18.1. The van der Waals surface area contributed by atoms with Gasteiger partial charge >= 0.3 is 0 Å². The molecule has 0 saturated carbocycles. The Kier molecular flexibility index (Phi) is 5.72. The minimum absolute atomic E-state index is 0.159. The Morgan fingerprint density at radius 3 is 2.39 bits per heavy atom. The second-order valence-electron chi connectivity index (χ2n) is 7.99. The predicted molar refractivity (Wildman–Crippen MR) is 124 cm³/mol. The summed E-state index contributed by atoms with van der Waals surface area (Å²) in [5, 5.41) is 11.4. The molecule has 1 N–H and O–H groups in total. The van der Waals surface area contributed by atoms with Crippen molar-refractivity contribution in [1.29, 1.82) is 0 Å². The average Bonchev–Trinajstić information content (AvgIpc) is 3.60. The van der Waals surface area contributed by atoms with Crippen molar-refractivity contribution in [1.82, 2.24) is 24.9 Å². The molecule has 1 fully saturated rings. The highest BCUT2D eigenvalue weighted by atomic mass is 16.2. The Balaban J connectivity index is 1.32. The van der Waals surface area contributed by atoms with Crippen molar-refractivity contribution in [3.63, 3.8) is 0 Å². The molecular weight excluding hydrogens is 416 g/mol. The maximum absolute atomic E-state index is 13.0. The summed E-state index contributed by atoms with van der Waals surface area (Å²) in [7, 11) is 0. The number of hydrogen-bond donors (Lipinski definition) is 1. The summed E-state index contributed by atoms with van der Waals surface area (Å²) >= 11 is 0. The lowest BCUT2D eigenvalue weighted by Gasteiger charge is -2.16. The van der Waals surface area contributed by atoms with Crippen LogP contribution in [0.1, 0.15) is 34.5 Å². The van der Waals surface area contributed by atoms with Crippen LogP contribution in [-0.2, 0) is 17.9 Å². The van der Waals surface area contributed by atoms with E-state index in [1.54, 1.807) is 9.58 Å². The molecule has 166 valence electrons. The second kappa shape index (κ2) is 9.12. The molecule has 33 heavy (non-hydrogen) atoms. The van der Waals surface area contributed by atoms with Crippen LogP contribution in [0.3, 0.4) is 0 Å². The van der Waals surface area contributed by atoms with E-state index in [-0.39, 0.29) is 17.5 Å². The number of nitrogens with zero attached hydrogens (tertiary/aromatic N) is 5. The number of nitrogens with one attached hydrogen (secondary N) is 1. The number of amides is 2. The first-order valence-electron chi connectivity index (χ1n) is 11.0. The van der Waals surface area contributed by atoms with Crippen LogP contribution in [-0.4, -0.2) is 37.9 Å². The van der Waals surface area contributed by atoms with Gasteiger partial charge in [-0.1, -0.05) is 47.7 Å². The van der Waals surface area contributed by atoms with Gasteiger partial charge in [0.1, 0.15) is 0 Å². The highest BCUT2D eigenvalue weighted by molar-refractivity contribution is 5.96. The Labute approximate surface area is 191 Å². The minimum atomic E-state index is -0.295. The monoisotopic (exact) mass is 440 g/mol. The third-order valence-electron chi connectivity index (χ3n) is 5.72. The first-order valence-corrected chi connectivity index (χ1v) is 11.0. The lowest BCUT2D eigenvalue weighted by atomic mass is 10.2. The van der Waals surface area contributed by atoms with E-state index in [1.165, 1.54) is 0 Å². The second-order valence-corrected chi connectivity index (χ2v) is 7.99. The fourth-order valence-corrected chi connectivity index (χ4v) is 4.03. The fraction of sp³-hybridized carbons (Fsp3) is 0.200. The van der Waals surface area contributed by atoms with Crippen molar-refractivity contribution in [3.8, 4) is 5.82 Å². The van der Waals surface area contributed by atoms with Gasteiger partial charge in [-0.2, -0.15) is 0 Å². The van der Waals surface area contributed by atoms with Gasteiger partial charge in [-0.05, 0) is 41.8 Å². The maximum atomic E-state index is 13.0. The summed E-state index contributed by atoms with van der Waals surface area (Å²) < 4.78 is 3.58. The SMILES string of the molecule is O=C(NCc1ccc(N2CCCC2=O)cc1)c1nnn(Cc2ccccc2)c1-n1cccc1. The molecule has 0 atom stereocenters. The molecule has 2 aromatic heterocycles. The number of carbonyl (C=O) groups is 2. The standard InChI is InChI=1S/C25H24N6O2/c32-22-9-6-16-30(22)21-12-10-19(11-13-21)17-26-24(33)23-25(29-14-4-5-15-29)31(28-27-23)18-20-7-2-1-3-8-20/h1-5,7-8,10-15H,6,9,16-18H2,(H,26,33). The van der Waals surface area contributed by atoms with E-state index in [2.05, 4.69) is 15.6 Å². The van der Waals surface area contributed by atoms with Crippen LogP contribution in [0.5, 0.6) is 0 Å². The summed E-state index contributed by atoms with van der Waals surface area (Å²) in [5.74, 6) is 0.480. The van der Waals surface area contributed by atoms with E-state index in [0.29, 0.717) is 25.3 Å². The van der Waals surface area contributed by atoms with Gasteiger partial charge in [-0.15, -0.1) is 5.10 Å². The lowest BCUT2D eigenvalue weighted by Crippen LogP contribution is -2.25. The molecule has 8 heteroatoms. The number of aromatic nitrogens is 4. The van der Waals surface area contributed by atoms with E-state index in [1.807, 2.05) is 83.7 Å². The third kappa shape index (κ3) is 4.41. The minimum Gasteiger partial charge on any atom is -0.346 e. The smallest absolute Gasteiger partial charge is 0.276 e. The number of hydrogen-bond acceptors (Lipinski definition) is 4. The van der Waals surface area contributed by atoms with Crippen LogP contribution in [0.2, 0.25) is 0 Å². The zero-order chi connectivity index (χ0) is 22.6. The fourth-order valence-electron chi connectivity index (χ4n) is 4.03. The first-order chi connectivity index (χ1) is 16.2. The van der Waals surface area contributed by atoms with Crippen molar-refractivity contribution in [2.45, 2.75) is 25.9 Å². The van der Waals surface area contributed by atoms with Crippen LogP contribution in [0.15, 0.2) is 79.1 Å². The van der Waals surface area contributed by atoms with E-state index in [9.17, 15) is 9.59 Å². The van der Waals surface area contributed by atoms with Crippen molar-refractivity contribution in [2.75, 3.05) is 11.4 Å². The van der Waals surface area contributed by atoms with Crippen LogP contribution < -0.4 is 10.2 Å².